The second-order valence-electron chi connectivity index (χ2n) is 10.2. The van der Waals surface area contributed by atoms with Crippen LogP contribution in [0.25, 0.3) is 11.0 Å². The van der Waals surface area contributed by atoms with Crippen LogP contribution in [-0.4, -0.2) is 76.2 Å². The van der Waals surface area contributed by atoms with E-state index < -0.39 is 0 Å². The van der Waals surface area contributed by atoms with Gasteiger partial charge in [-0.1, -0.05) is 31.7 Å². The molecular weight excluding hydrogens is 502 g/mol. The van der Waals surface area contributed by atoms with Crippen molar-refractivity contribution in [3.05, 3.63) is 35.5 Å². The van der Waals surface area contributed by atoms with Gasteiger partial charge in [-0.2, -0.15) is 5.10 Å². The average Bonchev–Trinajstić information content (AvgIpc) is 3.49. The quantitative estimate of drug-likeness (QED) is 0.345. The van der Waals surface area contributed by atoms with E-state index in [9.17, 15) is 9.59 Å². The molecule has 11 heteroatoms. The molecule has 0 aliphatic carbocycles. The second-order valence-corrected chi connectivity index (χ2v) is 11.7. The number of morpholine rings is 1. The Kier molecular flexibility index (Phi) is 7.85. The maximum atomic E-state index is 12.9. The Morgan fingerprint density at radius 1 is 1.18 bits per heavy atom. The van der Waals surface area contributed by atoms with Gasteiger partial charge in [-0.15, -0.1) is 0 Å². The lowest BCUT2D eigenvalue weighted by Crippen LogP contribution is -2.37. The predicted octanol–water partition coefficient (Wildman–Crippen LogP) is 2.95. The van der Waals surface area contributed by atoms with Gasteiger partial charge < -0.3 is 19.9 Å². The molecule has 1 N–H and O–H groups in total. The Morgan fingerprint density at radius 2 is 1.97 bits per heavy atom. The summed E-state index contributed by atoms with van der Waals surface area (Å²) in [6.45, 7) is 12.5. The molecule has 2 aliphatic rings. The maximum Gasteiger partial charge on any atom is 0.227 e. The number of aryl methyl sites for hydroxylation is 2. The zero-order valence-electron chi connectivity index (χ0n) is 22.4. The first kappa shape index (κ1) is 26.4. The van der Waals surface area contributed by atoms with E-state index in [1.54, 1.807) is 16.7 Å². The molecule has 2 fully saturated rings. The van der Waals surface area contributed by atoms with Crippen LogP contribution in [0.4, 0.5) is 11.5 Å². The highest BCUT2D eigenvalue weighted by Crippen LogP contribution is 2.30. The molecule has 2 saturated heterocycles. The van der Waals surface area contributed by atoms with E-state index in [0.29, 0.717) is 38.1 Å². The fourth-order valence-corrected chi connectivity index (χ4v) is 5.52. The van der Waals surface area contributed by atoms with Crippen LogP contribution in [0.2, 0.25) is 0 Å². The lowest BCUT2D eigenvalue weighted by atomic mass is 10.1. The summed E-state index contributed by atoms with van der Waals surface area (Å²) in [5, 5.41) is 9.55. The number of carbonyl (C=O) groups is 2. The molecule has 3 aromatic rings. The summed E-state index contributed by atoms with van der Waals surface area (Å²) in [6.07, 6.45) is 2.03. The summed E-state index contributed by atoms with van der Waals surface area (Å²) < 4.78 is 7.35. The zero-order valence-corrected chi connectivity index (χ0v) is 23.3. The van der Waals surface area contributed by atoms with Crippen LogP contribution in [0.5, 0.6) is 0 Å². The Morgan fingerprint density at radius 3 is 2.71 bits per heavy atom. The molecule has 0 spiro atoms. The number of nitrogens with zero attached hydrogens (tertiary/aromatic N) is 6. The highest BCUT2D eigenvalue weighted by Gasteiger charge is 2.35. The van der Waals surface area contributed by atoms with Gasteiger partial charge in [0.15, 0.2) is 10.8 Å². The number of aromatic nitrogens is 4. The first-order valence-corrected chi connectivity index (χ1v) is 14.1. The molecular formula is C27H35N7O3S. The van der Waals surface area contributed by atoms with Gasteiger partial charge in [-0.05, 0) is 37.1 Å². The van der Waals surface area contributed by atoms with Crippen molar-refractivity contribution in [3.63, 3.8) is 0 Å². The number of rotatable bonds is 8. The molecule has 1 atom stereocenters. The van der Waals surface area contributed by atoms with E-state index >= 15 is 0 Å². The summed E-state index contributed by atoms with van der Waals surface area (Å²) in [6, 6.07) is 5.97. The predicted molar refractivity (Wildman–Crippen MR) is 149 cm³/mol. The number of amides is 2. The summed E-state index contributed by atoms with van der Waals surface area (Å²) in [7, 11) is 0. The van der Waals surface area contributed by atoms with Crippen molar-refractivity contribution in [2.24, 2.45) is 5.92 Å². The van der Waals surface area contributed by atoms with Crippen molar-refractivity contribution in [1.29, 1.82) is 0 Å². The van der Waals surface area contributed by atoms with Crippen LogP contribution < -0.4 is 15.1 Å². The molecule has 0 saturated carbocycles. The summed E-state index contributed by atoms with van der Waals surface area (Å²) in [4.78, 5) is 39.2. The molecule has 10 nitrogen and oxygen atoms in total. The molecule has 2 aromatic heterocycles. The maximum absolute atomic E-state index is 12.9. The van der Waals surface area contributed by atoms with Gasteiger partial charge >= 0.3 is 0 Å². The molecule has 38 heavy (non-hydrogen) atoms. The number of benzene rings is 1. The van der Waals surface area contributed by atoms with E-state index in [4.69, 9.17) is 14.7 Å². The third-order valence-corrected chi connectivity index (χ3v) is 7.89. The largest absolute Gasteiger partial charge is 0.378 e. The van der Waals surface area contributed by atoms with E-state index in [-0.39, 0.29) is 24.2 Å². The SMILES string of the molecule is Cc1ccc(N2CC(C(=O)NCCn3ncc4c(N5CCOCC5)nc(SC(C)C)nc43)CC2=O)cc1C. The number of carbonyl (C=O) groups excluding carboxylic acids is 2. The van der Waals surface area contributed by atoms with E-state index in [2.05, 4.69) is 29.2 Å². The van der Waals surface area contributed by atoms with Gasteiger partial charge in [0, 0.05) is 43.5 Å². The number of hydrogen-bond acceptors (Lipinski definition) is 8. The summed E-state index contributed by atoms with van der Waals surface area (Å²) in [5.74, 6) is 0.380. The van der Waals surface area contributed by atoms with Crippen LogP contribution in [0, 0.1) is 19.8 Å². The Hall–Kier alpha value is -3.18. The molecule has 0 radical (unpaired) electrons. The lowest BCUT2D eigenvalue weighted by molar-refractivity contribution is -0.126. The lowest BCUT2D eigenvalue weighted by Gasteiger charge is -2.28. The molecule has 4 heterocycles. The molecule has 1 unspecified atom stereocenters. The van der Waals surface area contributed by atoms with Gasteiger partial charge in [0.1, 0.15) is 5.82 Å². The fourth-order valence-electron chi connectivity index (χ4n) is 4.82. The molecule has 2 amide bonds. The molecule has 0 bridgehead atoms. The fraction of sp³-hybridized carbons (Fsp3) is 0.519. The smallest absolute Gasteiger partial charge is 0.227 e. The second kappa shape index (κ2) is 11.3. The van der Waals surface area contributed by atoms with Crippen molar-refractivity contribution >= 4 is 46.1 Å². The van der Waals surface area contributed by atoms with Gasteiger partial charge in [-0.25, -0.2) is 14.6 Å². The Labute approximate surface area is 227 Å². The third kappa shape index (κ3) is 5.63. The highest BCUT2D eigenvalue weighted by atomic mass is 32.2. The number of nitrogens with one attached hydrogen (secondary N) is 1. The van der Waals surface area contributed by atoms with Crippen molar-refractivity contribution < 1.29 is 14.3 Å². The topological polar surface area (TPSA) is 105 Å². The van der Waals surface area contributed by atoms with Crippen LogP contribution in [0.15, 0.2) is 29.6 Å². The van der Waals surface area contributed by atoms with E-state index in [1.165, 1.54) is 5.56 Å². The third-order valence-electron chi connectivity index (χ3n) is 7.03. The first-order chi connectivity index (χ1) is 18.3. The van der Waals surface area contributed by atoms with Crippen molar-refractivity contribution in [1.82, 2.24) is 25.1 Å². The number of hydrogen-bond donors (Lipinski definition) is 1. The highest BCUT2D eigenvalue weighted by molar-refractivity contribution is 7.99. The normalized spacial score (nSPS) is 18.1. The minimum absolute atomic E-state index is 0.0194. The minimum atomic E-state index is -0.372. The van der Waals surface area contributed by atoms with E-state index in [0.717, 1.165) is 46.3 Å². The van der Waals surface area contributed by atoms with Crippen LogP contribution in [-0.2, 0) is 20.9 Å². The van der Waals surface area contributed by atoms with E-state index in [1.807, 2.05) is 42.9 Å². The molecule has 2 aliphatic heterocycles. The first-order valence-electron chi connectivity index (χ1n) is 13.2. The van der Waals surface area contributed by atoms with Crippen LogP contribution >= 0.6 is 11.8 Å². The van der Waals surface area contributed by atoms with Gasteiger partial charge in [0.2, 0.25) is 11.8 Å². The van der Waals surface area contributed by atoms with Gasteiger partial charge in [0.25, 0.3) is 0 Å². The zero-order chi connectivity index (χ0) is 26.8. The summed E-state index contributed by atoms with van der Waals surface area (Å²) in [5.41, 5.74) is 3.92. The number of ether oxygens (including phenoxy) is 1. The number of thioether (sulfide) groups is 1. The van der Waals surface area contributed by atoms with Crippen molar-refractivity contribution in [2.45, 2.75) is 51.1 Å². The van der Waals surface area contributed by atoms with Gasteiger partial charge in [-0.3, -0.25) is 9.59 Å². The molecule has 1 aromatic carbocycles. The van der Waals surface area contributed by atoms with Crippen molar-refractivity contribution in [2.75, 3.05) is 49.2 Å². The van der Waals surface area contributed by atoms with Crippen LogP contribution in [0.1, 0.15) is 31.4 Å². The van der Waals surface area contributed by atoms with Crippen molar-refractivity contribution in [3.8, 4) is 0 Å². The molecule has 202 valence electrons. The Balaban J connectivity index is 1.25. The van der Waals surface area contributed by atoms with Gasteiger partial charge in [0.05, 0.1) is 37.3 Å². The Bertz CT molecular complexity index is 1340. The number of fused-ring (bicyclic) bond motifs is 1. The minimum Gasteiger partial charge on any atom is -0.378 e. The molecule has 5 rings (SSSR count). The number of anilines is 2. The average molecular weight is 538 g/mol. The monoisotopic (exact) mass is 537 g/mol. The summed E-state index contributed by atoms with van der Waals surface area (Å²) >= 11 is 1.62. The standard InChI is InChI=1S/C27H35N7O3S/c1-17(2)38-27-30-24(32-9-11-37-12-10-32)22-15-29-34(25(22)31-27)8-7-28-26(36)20-14-23(35)33(16-20)21-6-5-18(3)19(4)13-21/h5-6,13,15,17,20H,7-12,14,16H2,1-4H3,(H,28,36). The van der Waals surface area contributed by atoms with Crippen LogP contribution in [0.3, 0.4) is 0 Å².